The lowest BCUT2D eigenvalue weighted by Crippen LogP contribution is -2.13. The van der Waals surface area contributed by atoms with Crippen molar-refractivity contribution in [2.24, 2.45) is 0 Å². The van der Waals surface area contributed by atoms with E-state index in [1.54, 1.807) is 25.1 Å². The second-order valence-corrected chi connectivity index (χ2v) is 9.13. The summed E-state index contributed by atoms with van der Waals surface area (Å²) in [6.45, 7) is 1.43. The Morgan fingerprint density at radius 1 is 1.03 bits per heavy atom. The Bertz CT molecular complexity index is 1340. The van der Waals surface area contributed by atoms with Crippen LogP contribution < -0.4 is 5.32 Å². The Balaban J connectivity index is 1.82. The van der Waals surface area contributed by atoms with Gasteiger partial charge in [0.25, 0.3) is 10.0 Å². The predicted molar refractivity (Wildman–Crippen MR) is 113 cm³/mol. The quantitative estimate of drug-likeness (QED) is 0.439. The van der Waals surface area contributed by atoms with E-state index in [4.69, 9.17) is 0 Å². The zero-order valence-corrected chi connectivity index (χ0v) is 18.0. The van der Waals surface area contributed by atoms with Crippen LogP contribution in [-0.2, 0) is 16.6 Å². The van der Waals surface area contributed by atoms with Crippen LogP contribution in [-0.4, -0.2) is 22.4 Å². The standard InChI is InChI=1S/C20H15BrF2N4O2S/c1-12-25-19(24-10-14-16(22)8-5-9-17(14)23)18-15(21)11-27(20(18)26-12)30(28,29)13-6-3-2-4-7-13/h2-9,11H,10H2,1H3,(H,24,25,26). The molecule has 0 saturated heterocycles. The highest BCUT2D eigenvalue weighted by Crippen LogP contribution is 2.33. The first kappa shape index (κ1) is 20.4. The first-order chi connectivity index (χ1) is 14.3. The van der Waals surface area contributed by atoms with Gasteiger partial charge in [-0.3, -0.25) is 0 Å². The van der Waals surface area contributed by atoms with Crippen molar-refractivity contribution in [3.8, 4) is 0 Å². The Labute approximate surface area is 179 Å². The van der Waals surface area contributed by atoms with Gasteiger partial charge in [-0.1, -0.05) is 24.3 Å². The van der Waals surface area contributed by atoms with Crippen LogP contribution in [0.5, 0.6) is 0 Å². The molecule has 6 nitrogen and oxygen atoms in total. The fraction of sp³-hybridized carbons (Fsp3) is 0.100. The Hall–Kier alpha value is -2.85. The molecule has 4 rings (SSSR count). The van der Waals surface area contributed by atoms with Crippen molar-refractivity contribution in [2.45, 2.75) is 18.4 Å². The van der Waals surface area contributed by atoms with Gasteiger partial charge in [-0.2, -0.15) is 0 Å². The van der Waals surface area contributed by atoms with Gasteiger partial charge < -0.3 is 5.32 Å². The maximum Gasteiger partial charge on any atom is 0.269 e. The van der Waals surface area contributed by atoms with E-state index >= 15 is 0 Å². The number of rotatable bonds is 5. The van der Waals surface area contributed by atoms with Crippen molar-refractivity contribution in [1.82, 2.24) is 13.9 Å². The van der Waals surface area contributed by atoms with Gasteiger partial charge in [0, 0.05) is 22.8 Å². The smallest absolute Gasteiger partial charge is 0.269 e. The molecule has 2 heterocycles. The van der Waals surface area contributed by atoms with Crippen molar-refractivity contribution in [3.63, 3.8) is 0 Å². The summed E-state index contributed by atoms with van der Waals surface area (Å²) in [5.41, 5.74) is 0.00381. The molecule has 0 unspecified atom stereocenters. The van der Waals surface area contributed by atoms with E-state index in [0.29, 0.717) is 15.7 Å². The number of nitrogens with one attached hydrogen (secondary N) is 1. The number of hydrogen-bond donors (Lipinski definition) is 1. The molecular weight excluding hydrogens is 478 g/mol. The first-order valence-electron chi connectivity index (χ1n) is 8.81. The monoisotopic (exact) mass is 492 g/mol. The number of halogens is 3. The van der Waals surface area contributed by atoms with E-state index in [0.717, 1.165) is 3.97 Å². The van der Waals surface area contributed by atoms with E-state index in [1.807, 2.05) is 0 Å². The van der Waals surface area contributed by atoms with Crippen LogP contribution >= 0.6 is 15.9 Å². The fourth-order valence-corrected chi connectivity index (χ4v) is 5.09. The SMILES string of the molecule is Cc1nc(NCc2c(F)cccc2F)c2c(Br)cn(S(=O)(=O)c3ccccc3)c2n1. The summed E-state index contributed by atoms with van der Waals surface area (Å²) in [4.78, 5) is 8.70. The average Bonchev–Trinajstić information content (AvgIpc) is 3.05. The van der Waals surface area contributed by atoms with Gasteiger partial charge in [-0.05, 0) is 47.1 Å². The van der Waals surface area contributed by atoms with Gasteiger partial charge in [0.2, 0.25) is 0 Å². The number of nitrogens with zero attached hydrogens (tertiary/aromatic N) is 3. The third kappa shape index (κ3) is 3.56. The second kappa shape index (κ2) is 7.77. The maximum atomic E-state index is 14.0. The molecule has 0 saturated carbocycles. The van der Waals surface area contributed by atoms with Crippen LogP contribution in [0.2, 0.25) is 0 Å². The van der Waals surface area contributed by atoms with Crippen molar-refractivity contribution in [2.75, 3.05) is 5.32 Å². The summed E-state index contributed by atoms with van der Waals surface area (Å²) >= 11 is 3.36. The van der Waals surface area contributed by atoms with Gasteiger partial charge in [-0.25, -0.2) is 31.1 Å². The van der Waals surface area contributed by atoms with Crippen LogP contribution in [0.3, 0.4) is 0 Å². The highest BCUT2D eigenvalue weighted by Gasteiger charge is 2.24. The van der Waals surface area contributed by atoms with Gasteiger partial charge in [0.05, 0.1) is 10.3 Å². The topological polar surface area (TPSA) is 76.9 Å². The first-order valence-corrected chi connectivity index (χ1v) is 11.0. The number of anilines is 1. The summed E-state index contributed by atoms with van der Waals surface area (Å²) in [6, 6.07) is 11.6. The van der Waals surface area contributed by atoms with Crippen LogP contribution in [0.25, 0.3) is 11.0 Å². The molecule has 0 atom stereocenters. The largest absolute Gasteiger partial charge is 0.365 e. The predicted octanol–water partition coefficient (Wildman–Crippen LogP) is 4.63. The molecule has 0 aliphatic rings. The summed E-state index contributed by atoms with van der Waals surface area (Å²) in [5, 5.41) is 3.29. The molecule has 0 spiro atoms. The fourth-order valence-electron chi connectivity index (χ4n) is 3.06. The number of aryl methyl sites for hydroxylation is 1. The van der Waals surface area contributed by atoms with Crippen LogP contribution in [0.1, 0.15) is 11.4 Å². The molecule has 1 N–H and O–H groups in total. The van der Waals surface area contributed by atoms with E-state index < -0.39 is 21.7 Å². The molecule has 0 aliphatic carbocycles. The average molecular weight is 493 g/mol. The van der Waals surface area contributed by atoms with Crippen LogP contribution in [0, 0.1) is 18.6 Å². The molecule has 0 amide bonds. The summed E-state index contributed by atoms with van der Waals surface area (Å²) < 4.78 is 55.7. The third-order valence-corrected chi connectivity index (χ3v) is 6.74. The molecule has 10 heteroatoms. The molecule has 0 bridgehead atoms. The van der Waals surface area contributed by atoms with Crippen molar-refractivity contribution >= 4 is 42.8 Å². The minimum Gasteiger partial charge on any atom is -0.365 e. The minimum atomic E-state index is -3.91. The molecule has 154 valence electrons. The van der Waals surface area contributed by atoms with E-state index in [1.165, 1.54) is 36.5 Å². The van der Waals surface area contributed by atoms with E-state index in [9.17, 15) is 17.2 Å². The highest BCUT2D eigenvalue weighted by molar-refractivity contribution is 9.10. The third-order valence-electron chi connectivity index (χ3n) is 4.47. The van der Waals surface area contributed by atoms with Crippen LogP contribution in [0.15, 0.2) is 64.1 Å². The van der Waals surface area contributed by atoms with Crippen molar-refractivity contribution in [1.29, 1.82) is 0 Å². The zero-order valence-electron chi connectivity index (χ0n) is 15.6. The molecule has 30 heavy (non-hydrogen) atoms. The Morgan fingerprint density at radius 2 is 1.70 bits per heavy atom. The summed E-state index contributed by atoms with van der Waals surface area (Å²) in [6.07, 6.45) is 1.38. The molecule has 2 aromatic heterocycles. The second-order valence-electron chi connectivity index (χ2n) is 6.46. The molecule has 4 aromatic rings. The lowest BCUT2D eigenvalue weighted by atomic mass is 10.2. The van der Waals surface area contributed by atoms with Gasteiger partial charge in [-0.15, -0.1) is 0 Å². The zero-order chi connectivity index (χ0) is 21.5. The van der Waals surface area contributed by atoms with E-state index in [2.05, 4.69) is 31.2 Å². The number of fused-ring (bicyclic) bond motifs is 1. The maximum absolute atomic E-state index is 14.0. The van der Waals surface area contributed by atoms with Gasteiger partial charge in [0.1, 0.15) is 23.3 Å². The molecule has 2 aromatic carbocycles. The molecule has 0 fully saturated rings. The normalized spacial score (nSPS) is 11.7. The van der Waals surface area contributed by atoms with E-state index in [-0.39, 0.29) is 28.5 Å². The molecule has 0 radical (unpaired) electrons. The molecular formula is C20H15BrF2N4O2S. The minimum absolute atomic E-state index is 0.105. The highest BCUT2D eigenvalue weighted by atomic mass is 79.9. The van der Waals surface area contributed by atoms with Gasteiger partial charge in [0.15, 0.2) is 5.65 Å². The lowest BCUT2D eigenvalue weighted by molar-refractivity contribution is 0.560. The number of aromatic nitrogens is 3. The van der Waals surface area contributed by atoms with Crippen molar-refractivity contribution < 1.29 is 17.2 Å². The number of benzene rings is 2. The summed E-state index contributed by atoms with van der Waals surface area (Å²) in [7, 11) is -3.91. The van der Waals surface area contributed by atoms with Crippen LogP contribution in [0.4, 0.5) is 14.6 Å². The Kier molecular flexibility index (Phi) is 5.29. The van der Waals surface area contributed by atoms with Crippen molar-refractivity contribution in [3.05, 3.63) is 82.2 Å². The lowest BCUT2D eigenvalue weighted by Gasteiger charge is -2.11. The Morgan fingerprint density at radius 3 is 2.37 bits per heavy atom. The summed E-state index contributed by atoms with van der Waals surface area (Å²) in [5.74, 6) is -0.816. The number of hydrogen-bond acceptors (Lipinski definition) is 5. The van der Waals surface area contributed by atoms with Gasteiger partial charge >= 0.3 is 0 Å². The molecule has 0 aliphatic heterocycles.